The number of sulfone groups is 1. The number of nitro groups is 1. The standard InChI is InChI=1S/C10H11ClFNO4S/c1-7(2-3-11)18(16,17)10-5-8(12)4-9(6-10)13(14)15/h4-7H,2-3H2,1H3. The van der Waals surface area contributed by atoms with Crippen molar-refractivity contribution < 1.29 is 17.7 Å². The van der Waals surface area contributed by atoms with E-state index in [1.165, 1.54) is 6.92 Å². The van der Waals surface area contributed by atoms with Crippen molar-refractivity contribution >= 4 is 27.1 Å². The molecule has 0 aliphatic rings. The van der Waals surface area contributed by atoms with Gasteiger partial charge in [0.05, 0.1) is 21.1 Å². The second-order valence-corrected chi connectivity index (χ2v) is 6.48. The minimum absolute atomic E-state index is 0.137. The Bertz CT molecular complexity index is 561. The number of benzene rings is 1. The van der Waals surface area contributed by atoms with Gasteiger partial charge in [0.2, 0.25) is 0 Å². The molecule has 1 atom stereocenters. The van der Waals surface area contributed by atoms with E-state index in [4.69, 9.17) is 11.6 Å². The van der Waals surface area contributed by atoms with E-state index in [1.54, 1.807) is 0 Å². The third-order valence-electron chi connectivity index (χ3n) is 2.44. The fourth-order valence-corrected chi connectivity index (χ4v) is 3.27. The van der Waals surface area contributed by atoms with E-state index >= 15 is 0 Å². The Morgan fingerprint density at radius 2 is 2.06 bits per heavy atom. The van der Waals surface area contributed by atoms with Crippen LogP contribution in [0.5, 0.6) is 0 Å². The zero-order valence-electron chi connectivity index (χ0n) is 9.47. The summed E-state index contributed by atoms with van der Waals surface area (Å²) in [6, 6.07) is 2.29. The molecule has 0 heterocycles. The van der Waals surface area contributed by atoms with Crippen LogP contribution in [-0.4, -0.2) is 24.5 Å². The zero-order chi connectivity index (χ0) is 13.9. The van der Waals surface area contributed by atoms with E-state index in [2.05, 4.69) is 0 Å². The van der Waals surface area contributed by atoms with Crippen LogP contribution in [0, 0.1) is 15.9 Å². The SMILES string of the molecule is CC(CCCl)S(=O)(=O)c1cc(F)cc([N+](=O)[O-])c1. The molecule has 0 aliphatic carbocycles. The van der Waals surface area contributed by atoms with Gasteiger partial charge in [-0.2, -0.15) is 0 Å². The van der Waals surface area contributed by atoms with E-state index in [1.807, 2.05) is 0 Å². The van der Waals surface area contributed by atoms with Crippen LogP contribution >= 0.6 is 11.6 Å². The van der Waals surface area contributed by atoms with Crippen molar-refractivity contribution in [3.05, 3.63) is 34.1 Å². The number of nitrogens with zero attached hydrogens (tertiary/aromatic N) is 1. The summed E-state index contributed by atoms with van der Waals surface area (Å²) >= 11 is 5.46. The van der Waals surface area contributed by atoms with Crippen molar-refractivity contribution in [2.75, 3.05) is 5.88 Å². The van der Waals surface area contributed by atoms with E-state index in [0.717, 1.165) is 12.1 Å². The summed E-state index contributed by atoms with van der Waals surface area (Å²) in [5, 5.41) is 9.73. The highest BCUT2D eigenvalue weighted by Crippen LogP contribution is 2.24. The fourth-order valence-electron chi connectivity index (χ4n) is 1.36. The summed E-state index contributed by atoms with van der Waals surface area (Å²) in [5.74, 6) is -0.821. The van der Waals surface area contributed by atoms with Gasteiger partial charge in [-0.25, -0.2) is 12.8 Å². The molecule has 5 nitrogen and oxygen atoms in total. The lowest BCUT2D eigenvalue weighted by Gasteiger charge is -2.11. The van der Waals surface area contributed by atoms with Gasteiger partial charge in [-0.1, -0.05) is 0 Å². The van der Waals surface area contributed by atoms with Gasteiger partial charge in [-0.15, -0.1) is 11.6 Å². The molecule has 0 radical (unpaired) electrons. The van der Waals surface area contributed by atoms with Gasteiger partial charge in [0.25, 0.3) is 5.69 Å². The Labute approximate surface area is 109 Å². The summed E-state index contributed by atoms with van der Waals surface area (Å²) in [5.41, 5.74) is -0.591. The minimum atomic E-state index is -3.81. The smallest absolute Gasteiger partial charge is 0.258 e. The molecule has 0 saturated carbocycles. The first-order valence-electron chi connectivity index (χ1n) is 5.04. The number of halogens is 2. The van der Waals surface area contributed by atoms with Crippen LogP contribution in [0.1, 0.15) is 13.3 Å². The van der Waals surface area contributed by atoms with Crippen LogP contribution < -0.4 is 0 Å². The predicted octanol–water partition coefficient (Wildman–Crippen LogP) is 2.53. The summed E-state index contributed by atoms with van der Waals surface area (Å²) in [6.07, 6.45) is 0.189. The predicted molar refractivity (Wildman–Crippen MR) is 65.0 cm³/mol. The summed E-state index contributed by atoms with van der Waals surface area (Å²) in [6.45, 7) is 1.43. The fraction of sp³-hybridized carbons (Fsp3) is 0.400. The maximum atomic E-state index is 13.2. The monoisotopic (exact) mass is 295 g/mol. The molecule has 0 aliphatic heterocycles. The van der Waals surface area contributed by atoms with Crippen molar-refractivity contribution in [1.82, 2.24) is 0 Å². The molecule has 0 bridgehead atoms. The highest BCUT2D eigenvalue weighted by Gasteiger charge is 2.25. The normalized spacial score (nSPS) is 13.3. The summed E-state index contributed by atoms with van der Waals surface area (Å²) in [7, 11) is -3.81. The Morgan fingerprint density at radius 1 is 1.44 bits per heavy atom. The van der Waals surface area contributed by atoms with Gasteiger partial charge in [0.15, 0.2) is 9.84 Å². The summed E-state index contributed by atoms with van der Waals surface area (Å²) < 4.78 is 37.2. The molecule has 0 saturated heterocycles. The highest BCUT2D eigenvalue weighted by molar-refractivity contribution is 7.92. The number of non-ortho nitro benzene ring substituents is 1. The van der Waals surface area contributed by atoms with E-state index in [0.29, 0.717) is 6.07 Å². The molecule has 100 valence electrons. The Kier molecular flexibility index (Phi) is 4.64. The van der Waals surface area contributed by atoms with Crippen LogP contribution in [0.4, 0.5) is 10.1 Å². The first-order valence-corrected chi connectivity index (χ1v) is 7.12. The Balaban J connectivity index is 3.28. The molecule has 18 heavy (non-hydrogen) atoms. The van der Waals surface area contributed by atoms with Gasteiger partial charge in [0, 0.05) is 11.9 Å². The largest absolute Gasteiger partial charge is 0.273 e. The maximum Gasteiger partial charge on any atom is 0.273 e. The Morgan fingerprint density at radius 3 is 2.56 bits per heavy atom. The van der Waals surface area contributed by atoms with Gasteiger partial charge in [-0.3, -0.25) is 10.1 Å². The average molecular weight is 296 g/mol. The Hall–Kier alpha value is -1.21. The van der Waals surface area contributed by atoms with E-state index in [9.17, 15) is 22.9 Å². The third kappa shape index (κ3) is 3.17. The second-order valence-electron chi connectivity index (χ2n) is 3.74. The first kappa shape index (κ1) is 14.8. The van der Waals surface area contributed by atoms with Crippen LogP contribution in [0.2, 0.25) is 0 Å². The van der Waals surface area contributed by atoms with Gasteiger partial charge in [0.1, 0.15) is 5.82 Å². The van der Waals surface area contributed by atoms with Crippen molar-refractivity contribution in [2.45, 2.75) is 23.5 Å². The second kappa shape index (κ2) is 5.62. The van der Waals surface area contributed by atoms with Gasteiger partial charge >= 0.3 is 0 Å². The van der Waals surface area contributed by atoms with Crippen LogP contribution in [0.25, 0.3) is 0 Å². The lowest BCUT2D eigenvalue weighted by molar-refractivity contribution is -0.385. The molecule has 0 fully saturated rings. The topological polar surface area (TPSA) is 77.3 Å². The molecule has 0 amide bonds. The lowest BCUT2D eigenvalue weighted by atomic mass is 10.3. The molecule has 1 aromatic carbocycles. The maximum absolute atomic E-state index is 13.2. The van der Waals surface area contributed by atoms with Crippen LogP contribution in [-0.2, 0) is 9.84 Å². The van der Waals surface area contributed by atoms with Crippen molar-refractivity contribution in [3.63, 3.8) is 0 Å². The highest BCUT2D eigenvalue weighted by atomic mass is 35.5. The molecular weight excluding hydrogens is 285 g/mol. The van der Waals surface area contributed by atoms with E-state index in [-0.39, 0.29) is 12.3 Å². The molecule has 1 unspecified atom stereocenters. The average Bonchev–Trinajstić information content (AvgIpc) is 2.28. The lowest BCUT2D eigenvalue weighted by Crippen LogP contribution is -2.18. The van der Waals surface area contributed by atoms with Crippen molar-refractivity contribution in [2.24, 2.45) is 0 Å². The molecule has 1 aromatic rings. The van der Waals surface area contributed by atoms with Gasteiger partial charge in [-0.05, 0) is 19.4 Å². The third-order valence-corrected chi connectivity index (χ3v) is 4.85. The van der Waals surface area contributed by atoms with Crippen LogP contribution in [0.15, 0.2) is 23.1 Å². The summed E-state index contributed by atoms with van der Waals surface area (Å²) in [4.78, 5) is 9.32. The zero-order valence-corrected chi connectivity index (χ0v) is 11.0. The molecular formula is C10H11ClFNO4S. The molecule has 0 aromatic heterocycles. The number of rotatable bonds is 5. The van der Waals surface area contributed by atoms with Crippen LogP contribution in [0.3, 0.4) is 0 Å². The van der Waals surface area contributed by atoms with E-state index < -0.39 is 36.4 Å². The molecule has 0 spiro atoms. The van der Waals surface area contributed by atoms with Gasteiger partial charge < -0.3 is 0 Å². The number of alkyl halides is 1. The molecule has 0 N–H and O–H groups in total. The van der Waals surface area contributed by atoms with Crippen molar-refractivity contribution in [3.8, 4) is 0 Å². The van der Waals surface area contributed by atoms with Crippen molar-refractivity contribution in [1.29, 1.82) is 0 Å². The quantitative estimate of drug-likeness (QED) is 0.475. The first-order chi connectivity index (χ1) is 8.28. The number of hydrogen-bond donors (Lipinski definition) is 0. The molecule has 1 rings (SSSR count). The molecule has 8 heteroatoms. The number of hydrogen-bond acceptors (Lipinski definition) is 4. The number of nitro benzene ring substituents is 1. The minimum Gasteiger partial charge on any atom is -0.258 e.